The minimum atomic E-state index is 0.804. The molecule has 1 N–H and O–H groups in total. The Kier molecular flexibility index (Phi) is 7.06. The van der Waals surface area contributed by atoms with Crippen LogP contribution in [0.3, 0.4) is 0 Å². The molecule has 2 unspecified atom stereocenters. The predicted octanol–water partition coefficient (Wildman–Crippen LogP) is 2.89. The fraction of sp³-hybridized carbons (Fsp3) is 1.00. The highest BCUT2D eigenvalue weighted by Gasteiger charge is 2.24. The zero-order valence-corrected chi connectivity index (χ0v) is 11.5. The highest BCUT2D eigenvalue weighted by Crippen LogP contribution is 2.20. The summed E-state index contributed by atoms with van der Waals surface area (Å²) in [6.45, 7) is 11.9. The summed E-state index contributed by atoms with van der Waals surface area (Å²) in [6.07, 6.45) is 6.94. The van der Waals surface area contributed by atoms with Crippen LogP contribution in [0, 0.1) is 5.92 Å². The van der Waals surface area contributed by atoms with Gasteiger partial charge in [0.25, 0.3) is 0 Å². The van der Waals surface area contributed by atoms with E-state index in [1.807, 2.05) is 0 Å². The van der Waals surface area contributed by atoms with E-state index in [2.05, 4.69) is 31.0 Å². The van der Waals surface area contributed by atoms with Crippen molar-refractivity contribution < 1.29 is 0 Å². The van der Waals surface area contributed by atoms with Gasteiger partial charge in [0, 0.05) is 12.6 Å². The maximum absolute atomic E-state index is 3.48. The monoisotopic (exact) mass is 226 g/mol. The predicted molar refractivity (Wildman–Crippen MR) is 71.8 cm³/mol. The van der Waals surface area contributed by atoms with Crippen LogP contribution in [0.15, 0.2) is 0 Å². The molecular weight excluding hydrogens is 196 g/mol. The van der Waals surface area contributed by atoms with E-state index in [-0.39, 0.29) is 0 Å². The third kappa shape index (κ3) is 4.84. The highest BCUT2D eigenvalue weighted by atomic mass is 15.2. The van der Waals surface area contributed by atoms with Gasteiger partial charge >= 0.3 is 0 Å². The first-order valence-corrected chi connectivity index (χ1v) is 7.22. The first-order chi connectivity index (χ1) is 7.77. The average molecular weight is 226 g/mol. The Bertz CT molecular complexity index is 170. The van der Waals surface area contributed by atoms with Crippen molar-refractivity contribution >= 4 is 0 Å². The summed E-state index contributed by atoms with van der Waals surface area (Å²) < 4.78 is 0. The van der Waals surface area contributed by atoms with Crippen LogP contribution >= 0.6 is 0 Å². The summed E-state index contributed by atoms with van der Waals surface area (Å²) in [4.78, 5) is 2.69. The van der Waals surface area contributed by atoms with E-state index in [4.69, 9.17) is 0 Å². The smallest absolute Gasteiger partial charge is 0.00670 e. The molecule has 0 saturated carbocycles. The van der Waals surface area contributed by atoms with E-state index in [9.17, 15) is 0 Å². The maximum Gasteiger partial charge on any atom is 0.00670 e. The minimum Gasteiger partial charge on any atom is -0.317 e. The van der Waals surface area contributed by atoms with Gasteiger partial charge in [-0.1, -0.05) is 33.1 Å². The molecule has 1 aliphatic rings. The molecule has 96 valence electrons. The van der Waals surface area contributed by atoms with Crippen LogP contribution in [0.2, 0.25) is 0 Å². The van der Waals surface area contributed by atoms with Gasteiger partial charge in [-0.3, -0.25) is 0 Å². The molecule has 0 aromatic carbocycles. The molecule has 0 aliphatic carbocycles. The van der Waals surface area contributed by atoms with Crippen LogP contribution < -0.4 is 5.32 Å². The summed E-state index contributed by atoms with van der Waals surface area (Å²) in [5.41, 5.74) is 0. The first-order valence-electron chi connectivity index (χ1n) is 7.22. The summed E-state index contributed by atoms with van der Waals surface area (Å²) >= 11 is 0. The van der Waals surface area contributed by atoms with E-state index in [1.165, 1.54) is 51.7 Å². The van der Waals surface area contributed by atoms with Crippen LogP contribution in [0.5, 0.6) is 0 Å². The van der Waals surface area contributed by atoms with Gasteiger partial charge in [-0.15, -0.1) is 0 Å². The van der Waals surface area contributed by atoms with Gasteiger partial charge in [0.2, 0.25) is 0 Å². The van der Waals surface area contributed by atoms with Gasteiger partial charge in [-0.05, 0) is 45.3 Å². The summed E-state index contributed by atoms with van der Waals surface area (Å²) in [5.74, 6) is 0.897. The van der Waals surface area contributed by atoms with Gasteiger partial charge in [-0.2, -0.15) is 0 Å². The van der Waals surface area contributed by atoms with Crippen LogP contribution in [0.4, 0.5) is 0 Å². The molecular formula is C14H30N2. The Labute approximate surface area is 102 Å². The van der Waals surface area contributed by atoms with Gasteiger partial charge in [0.05, 0.1) is 0 Å². The molecule has 0 aromatic heterocycles. The van der Waals surface area contributed by atoms with Crippen molar-refractivity contribution in [3.8, 4) is 0 Å². The van der Waals surface area contributed by atoms with Gasteiger partial charge in [0.15, 0.2) is 0 Å². The molecule has 1 heterocycles. The Morgan fingerprint density at radius 2 is 2.12 bits per heavy atom. The van der Waals surface area contributed by atoms with Crippen molar-refractivity contribution in [2.24, 2.45) is 5.92 Å². The Morgan fingerprint density at radius 3 is 2.81 bits per heavy atom. The summed E-state index contributed by atoms with van der Waals surface area (Å²) in [5, 5.41) is 3.48. The molecule has 1 rings (SSSR count). The number of unbranched alkanes of at least 4 members (excludes halogenated alkanes) is 2. The second kappa shape index (κ2) is 8.08. The molecule has 2 nitrogen and oxygen atoms in total. The summed E-state index contributed by atoms with van der Waals surface area (Å²) in [7, 11) is 0. The lowest BCUT2D eigenvalue weighted by Crippen LogP contribution is -2.32. The number of hydrogen-bond donors (Lipinski definition) is 1. The van der Waals surface area contributed by atoms with Crippen molar-refractivity contribution in [1.82, 2.24) is 10.2 Å². The Balaban J connectivity index is 2.13. The second-order valence-electron chi connectivity index (χ2n) is 5.30. The van der Waals surface area contributed by atoms with E-state index >= 15 is 0 Å². The van der Waals surface area contributed by atoms with Gasteiger partial charge < -0.3 is 10.2 Å². The summed E-state index contributed by atoms with van der Waals surface area (Å²) in [6, 6.07) is 0.804. The fourth-order valence-corrected chi connectivity index (χ4v) is 2.65. The zero-order valence-electron chi connectivity index (χ0n) is 11.5. The van der Waals surface area contributed by atoms with Crippen LogP contribution in [-0.4, -0.2) is 37.1 Å². The molecule has 1 saturated heterocycles. The quantitative estimate of drug-likeness (QED) is 0.640. The largest absolute Gasteiger partial charge is 0.317 e. The molecule has 2 heteroatoms. The topological polar surface area (TPSA) is 15.3 Å². The fourth-order valence-electron chi connectivity index (χ4n) is 2.65. The molecule has 1 aliphatic heterocycles. The zero-order chi connectivity index (χ0) is 11.8. The number of hydrogen-bond acceptors (Lipinski definition) is 2. The second-order valence-corrected chi connectivity index (χ2v) is 5.30. The van der Waals surface area contributed by atoms with Crippen LogP contribution in [0.25, 0.3) is 0 Å². The van der Waals surface area contributed by atoms with E-state index in [0.29, 0.717) is 0 Å². The third-order valence-corrected chi connectivity index (χ3v) is 3.85. The van der Waals surface area contributed by atoms with Crippen LogP contribution in [0.1, 0.15) is 52.9 Å². The minimum absolute atomic E-state index is 0.804. The molecule has 2 atom stereocenters. The SMILES string of the molecule is CCCCCC(C)N1CCC(CNCC)C1. The maximum atomic E-state index is 3.48. The molecule has 0 radical (unpaired) electrons. The van der Waals surface area contributed by atoms with Crippen molar-refractivity contribution in [3.05, 3.63) is 0 Å². The van der Waals surface area contributed by atoms with Crippen molar-refractivity contribution in [1.29, 1.82) is 0 Å². The lowest BCUT2D eigenvalue weighted by atomic mass is 10.1. The Hall–Kier alpha value is -0.0800. The number of nitrogens with one attached hydrogen (secondary N) is 1. The van der Waals surface area contributed by atoms with E-state index < -0.39 is 0 Å². The third-order valence-electron chi connectivity index (χ3n) is 3.85. The number of nitrogens with zero attached hydrogens (tertiary/aromatic N) is 1. The van der Waals surface area contributed by atoms with Gasteiger partial charge in [-0.25, -0.2) is 0 Å². The number of rotatable bonds is 8. The van der Waals surface area contributed by atoms with Gasteiger partial charge in [0.1, 0.15) is 0 Å². The molecule has 1 fully saturated rings. The molecule has 0 amide bonds. The molecule has 0 spiro atoms. The molecule has 0 aromatic rings. The van der Waals surface area contributed by atoms with Crippen molar-refractivity contribution in [2.45, 2.75) is 58.9 Å². The molecule has 0 bridgehead atoms. The normalized spacial score (nSPS) is 23.8. The van der Waals surface area contributed by atoms with Crippen molar-refractivity contribution in [2.75, 3.05) is 26.2 Å². The molecule has 16 heavy (non-hydrogen) atoms. The van der Waals surface area contributed by atoms with Crippen molar-refractivity contribution in [3.63, 3.8) is 0 Å². The Morgan fingerprint density at radius 1 is 1.31 bits per heavy atom. The standard InChI is InChI=1S/C14H30N2/c1-4-6-7-8-13(3)16-10-9-14(12-16)11-15-5-2/h13-15H,4-12H2,1-3H3. The highest BCUT2D eigenvalue weighted by molar-refractivity contribution is 4.80. The van der Waals surface area contributed by atoms with Crippen LogP contribution in [-0.2, 0) is 0 Å². The van der Waals surface area contributed by atoms with E-state index in [1.54, 1.807) is 0 Å². The van der Waals surface area contributed by atoms with E-state index in [0.717, 1.165) is 18.5 Å². The lowest BCUT2D eigenvalue weighted by Gasteiger charge is -2.24. The average Bonchev–Trinajstić information content (AvgIpc) is 2.75. The number of likely N-dealkylation sites (tertiary alicyclic amines) is 1. The first kappa shape index (κ1) is 14.0. The lowest BCUT2D eigenvalue weighted by molar-refractivity contribution is 0.233.